The first-order valence-corrected chi connectivity index (χ1v) is 4.91. The molecule has 0 fully saturated rings. The summed E-state index contributed by atoms with van der Waals surface area (Å²) in [5.74, 6) is 0.355. The maximum absolute atomic E-state index is 9.39. The largest absolute Gasteiger partial charge is 0.508 e. The van der Waals surface area contributed by atoms with Gasteiger partial charge in [0.1, 0.15) is 5.75 Å². The van der Waals surface area contributed by atoms with E-state index in [0.29, 0.717) is 11.8 Å². The van der Waals surface area contributed by atoms with E-state index in [-0.39, 0.29) is 0 Å². The summed E-state index contributed by atoms with van der Waals surface area (Å²) < 4.78 is 0. The number of likely N-dealkylation sites (N-methyl/N-ethyl adjacent to an activating group) is 2. The second kappa shape index (κ2) is 3.50. The van der Waals surface area contributed by atoms with Crippen LogP contribution in [0, 0.1) is 0 Å². The van der Waals surface area contributed by atoms with Crippen LogP contribution in [0.2, 0.25) is 0 Å². The van der Waals surface area contributed by atoms with Gasteiger partial charge in [-0.3, -0.25) is 0 Å². The molecule has 0 saturated heterocycles. The van der Waals surface area contributed by atoms with Crippen LogP contribution >= 0.6 is 0 Å². The van der Waals surface area contributed by atoms with Gasteiger partial charge in [-0.05, 0) is 37.2 Å². The van der Waals surface area contributed by atoms with Crippen molar-refractivity contribution >= 4 is 5.69 Å². The summed E-state index contributed by atoms with van der Waals surface area (Å²) in [6.07, 6.45) is 0.991. The number of hydrogen-bond acceptors (Lipinski definition) is 3. The Hall–Kier alpha value is -1.22. The summed E-state index contributed by atoms with van der Waals surface area (Å²) >= 11 is 0. The molecule has 0 aromatic heterocycles. The third kappa shape index (κ3) is 1.55. The van der Waals surface area contributed by atoms with E-state index in [2.05, 4.69) is 17.3 Å². The first kappa shape index (κ1) is 9.34. The lowest BCUT2D eigenvalue weighted by Crippen LogP contribution is -2.43. The number of benzene rings is 1. The van der Waals surface area contributed by atoms with E-state index < -0.39 is 0 Å². The van der Waals surface area contributed by atoms with E-state index >= 15 is 0 Å². The molecule has 2 rings (SSSR count). The Balaban J connectivity index is 2.35. The molecule has 0 bridgehead atoms. The topological polar surface area (TPSA) is 35.5 Å². The minimum atomic E-state index is 0.355. The molecule has 76 valence electrons. The zero-order valence-corrected chi connectivity index (χ0v) is 8.62. The van der Waals surface area contributed by atoms with Gasteiger partial charge >= 0.3 is 0 Å². The predicted octanol–water partition coefficient (Wildman–Crippen LogP) is 0.972. The quantitative estimate of drug-likeness (QED) is 0.696. The highest BCUT2D eigenvalue weighted by Gasteiger charge is 2.20. The molecule has 14 heavy (non-hydrogen) atoms. The van der Waals surface area contributed by atoms with Crippen molar-refractivity contribution in [1.29, 1.82) is 0 Å². The second-order valence-electron chi connectivity index (χ2n) is 3.88. The molecule has 1 unspecified atom stereocenters. The fourth-order valence-electron chi connectivity index (χ4n) is 2.06. The minimum absolute atomic E-state index is 0.355. The molecule has 1 aromatic rings. The van der Waals surface area contributed by atoms with Crippen LogP contribution in [0.4, 0.5) is 5.69 Å². The van der Waals surface area contributed by atoms with Crippen molar-refractivity contribution in [3.8, 4) is 5.75 Å². The highest BCUT2D eigenvalue weighted by molar-refractivity contribution is 5.58. The first-order valence-electron chi connectivity index (χ1n) is 4.91. The summed E-state index contributed by atoms with van der Waals surface area (Å²) in [7, 11) is 4.06. The van der Waals surface area contributed by atoms with Gasteiger partial charge in [-0.2, -0.15) is 0 Å². The standard InChI is InChI=1S/C11H16N2O/c1-12-9-5-8-6-10(14)3-4-11(8)13(2)7-9/h3-4,6,9,12,14H,5,7H2,1-2H3. The summed E-state index contributed by atoms with van der Waals surface area (Å²) in [6.45, 7) is 1.02. The van der Waals surface area contributed by atoms with Crippen LogP contribution in [0.15, 0.2) is 18.2 Å². The lowest BCUT2D eigenvalue weighted by atomic mass is 9.98. The number of rotatable bonds is 1. The van der Waals surface area contributed by atoms with Crippen LogP contribution < -0.4 is 10.2 Å². The summed E-state index contributed by atoms with van der Waals surface area (Å²) in [5.41, 5.74) is 2.45. The molecule has 0 saturated carbocycles. The van der Waals surface area contributed by atoms with Gasteiger partial charge in [0.2, 0.25) is 0 Å². The number of fused-ring (bicyclic) bond motifs is 1. The molecule has 1 heterocycles. The van der Waals surface area contributed by atoms with E-state index in [1.54, 1.807) is 6.07 Å². The normalized spacial score (nSPS) is 20.7. The number of anilines is 1. The van der Waals surface area contributed by atoms with Crippen molar-refractivity contribution in [2.75, 3.05) is 25.5 Å². The Morgan fingerprint density at radius 2 is 2.29 bits per heavy atom. The Morgan fingerprint density at radius 3 is 3.00 bits per heavy atom. The lowest BCUT2D eigenvalue weighted by Gasteiger charge is -2.33. The first-order chi connectivity index (χ1) is 6.70. The Kier molecular flexibility index (Phi) is 2.33. The molecule has 3 nitrogen and oxygen atoms in total. The van der Waals surface area contributed by atoms with E-state index in [1.165, 1.54) is 11.3 Å². The van der Waals surface area contributed by atoms with Crippen molar-refractivity contribution in [2.24, 2.45) is 0 Å². The fourth-order valence-corrected chi connectivity index (χ4v) is 2.06. The number of phenolic OH excluding ortho intramolecular Hbond substituents is 1. The van der Waals surface area contributed by atoms with Crippen molar-refractivity contribution in [2.45, 2.75) is 12.5 Å². The molecule has 0 radical (unpaired) electrons. The second-order valence-corrected chi connectivity index (χ2v) is 3.88. The van der Waals surface area contributed by atoms with Gasteiger partial charge in [0.15, 0.2) is 0 Å². The minimum Gasteiger partial charge on any atom is -0.508 e. The van der Waals surface area contributed by atoms with Crippen LogP contribution in [0.25, 0.3) is 0 Å². The predicted molar refractivity (Wildman–Crippen MR) is 57.9 cm³/mol. The molecule has 0 aliphatic carbocycles. The van der Waals surface area contributed by atoms with Gasteiger partial charge in [0, 0.05) is 25.3 Å². The van der Waals surface area contributed by atoms with E-state index in [0.717, 1.165) is 13.0 Å². The Labute approximate surface area is 84.4 Å². The molecule has 3 heteroatoms. The average molecular weight is 192 g/mol. The van der Waals surface area contributed by atoms with Gasteiger partial charge in [-0.25, -0.2) is 0 Å². The van der Waals surface area contributed by atoms with Gasteiger partial charge in [0.25, 0.3) is 0 Å². The molecule has 0 amide bonds. The summed E-state index contributed by atoms with van der Waals surface area (Å²) in [6, 6.07) is 6.07. The fraction of sp³-hybridized carbons (Fsp3) is 0.455. The number of nitrogens with one attached hydrogen (secondary N) is 1. The van der Waals surface area contributed by atoms with Crippen LogP contribution in [0.3, 0.4) is 0 Å². The highest BCUT2D eigenvalue weighted by Crippen LogP contribution is 2.28. The van der Waals surface area contributed by atoms with E-state index in [9.17, 15) is 5.11 Å². The molecular weight excluding hydrogens is 176 g/mol. The Morgan fingerprint density at radius 1 is 1.50 bits per heavy atom. The number of aromatic hydroxyl groups is 1. The lowest BCUT2D eigenvalue weighted by molar-refractivity contribution is 0.471. The number of nitrogens with zero attached hydrogens (tertiary/aromatic N) is 1. The molecule has 1 aliphatic heterocycles. The van der Waals surface area contributed by atoms with Crippen molar-refractivity contribution < 1.29 is 5.11 Å². The maximum atomic E-state index is 9.39. The third-order valence-electron chi connectivity index (χ3n) is 2.84. The smallest absolute Gasteiger partial charge is 0.116 e. The van der Waals surface area contributed by atoms with E-state index in [1.807, 2.05) is 19.2 Å². The number of hydrogen-bond donors (Lipinski definition) is 2. The molecule has 1 aliphatic rings. The molecular formula is C11H16N2O. The van der Waals surface area contributed by atoms with Gasteiger partial charge in [-0.1, -0.05) is 0 Å². The van der Waals surface area contributed by atoms with Crippen molar-refractivity contribution in [3.05, 3.63) is 23.8 Å². The Bertz CT molecular complexity index is 338. The maximum Gasteiger partial charge on any atom is 0.116 e. The molecule has 0 spiro atoms. The van der Waals surface area contributed by atoms with Crippen LogP contribution in [-0.2, 0) is 6.42 Å². The van der Waals surface area contributed by atoms with Crippen molar-refractivity contribution in [1.82, 2.24) is 5.32 Å². The van der Waals surface area contributed by atoms with Crippen LogP contribution in [-0.4, -0.2) is 31.8 Å². The van der Waals surface area contributed by atoms with Crippen molar-refractivity contribution in [3.63, 3.8) is 0 Å². The summed E-state index contributed by atoms with van der Waals surface area (Å²) in [4.78, 5) is 2.22. The van der Waals surface area contributed by atoms with E-state index in [4.69, 9.17) is 0 Å². The third-order valence-corrected chi connectivity index (χ3v) is 2.84. The van der Waals surface area contributed by atoms with Gasteiger partial charge in [0.05, 0.1) is 0 Å². The zero-order chi connectivity index (χ0) is 10.1. The molecule has 1 aromatic carbocycles. The molecule has 1 atom stereocenters. The monoisotopic (exact) mass is 192 g/mol. The highest BCUT2D eigenvalue weighted by atomic mass is 16.3. The average Bonchev–Trinajstić information content (AvgIpc) is 2.16. The van der Waals surface area contributed by atoms with Gasteiger partial charge < -0.3 is 15.3 Å². The van der Waals surface area contributed by atoms with Crippen LogP contribution in [0.1, 0.15) is 5.56 Å². The SMILES string of the molecule is CNC1Cc2cc(O)ccc2N(C)C1. The summed E-state index contributed by atoms with van der Waals surface area (Å²) in [5, 5.41) is 12.7. The number of phenols is 1. The van der Waals surface area contributed by atoms with Gasteiger partial charge in [-0.15, -0.1) is 0 Å². The zero-order valence-electron chi connectivity index (χ0n) is 8.62. The molecule has 2 N–H and O–H groups in total. The van der Waals surface area contributed by atoms with Crippen LogP contribution in [0.5, 0.6) is 5.75 Å².